The van der Waals surface area contributed by atoms with Gasteiger partial charge in [-0.15, -0.1) is 0 Å². The zero-order valence-electron chi connectivity index (χ0n) is 27.1. The fraction of sp³-hybridized carbons (Fsp3) is 0.0606. The maximum atomic E-state index is 14.0. The lowest BCUT2D eigenvalue weighted by Gasteiger charge is -2.08. The number of aldehydes is 1. The third kappa shape index (κ3) is 9.44. The molecule has 0 atom stereocenters. The van der Waals surface area contributed by atoms with Gasteiger partial charge in [0.25, 0.3) is 0 Å². The van der Waals surface area contributed by atoms with Gasteiger partial charge in [0.2, 0.25) is 22.1 Å². The highest BCUT2D eigenvalue weighted by Crippen LogP contribution is 2.29. The van der Waals surface area contributed by atoms with E-state index in [1.54, 1.807) is 19.2 Å². The molecule has 0 aliphatic carbocycles. The largest absolute Gasteiger partial charge is 0.478 e. The normalized spacial score (nSPS) is 11.3. The Morgan fingerprint density at radius 2 is 1.25 bits per heavy atom. The predicted molar refractivity (Wildman–Crippen MR) is 180 cm³/mol. The predicted octanol–water partition coefficient (Wildman–Crippen LogP) is 4.28. The van der Waals surface area contributed by atoms with Crippen LogP contribution in [0.4, 0.5) is 8.78 Å². The van der Waals surface area contributed by atoms with E-state index in [0.717, 1.165) is 14.1 Å². The third-order valence-electron chi connectivity index (χ3n) is 6.62. The molecule has 276 valence electrons. The quantitative estimate of drug-likeness (QED) is 0.0948. The van der Waals surface area contributed by atoms with Gasteiger partial charge in [0.05, 0.1) is 35.0 Å². The molecule has 0 spiro atoms. The number of furan rings is 2. The van der Waals surface area contributed by atoms with Crippen molar-refractivity contribution < 1.29 is 59.0 Å². The Balaban J connectivity index is 0.000000197. The van der Waals surface area contributed by atoms with Gasteiger partial charge in [0.15, 0.2) is 6.29 Å². The molecule has 6 aromatic heterocycles. The smallest absolute Gasteiger partial charge is 0.328 e. The molecule has 0 aromatic carbocycles. The number of aromatic nitrogens is 4. The monoisotopic (exact) mass is 771 g/mol. The Labute approximate surface area is 299 Å². The lowest BCUT2D eigenvalue weighted by molar-refractivity contribution is -0.134. The number of hydrogen-bond donors (Lipinski definition) is 3. The van der Waals surface area contributed by atoms with Crippen LogP contribution in [-0.4, -0.2) is 70.2 Å². The minimum atomic E-state index is -4.08. The summed E-state index contributed by atoms with van der Waals surface area (Å²) in [6, 6.07) is 14.3. The van der Waals surface area contributed by atoms with Gasteiger partial charge >= 0.3 is 32.0 Å². The van der Waals surface area contributed by atoms with Crippen molar-refractivity contribution in [2.24, 2.45) is 0 Å². The lowest BCUT2D eigenvalue weighted by Crippen LogP contribution is -2.13. The molecule has 0 saturated carbocycles. The molecular weight excluding hydrogens is 745 g/mol. The summed E-state index contributed by atoms with van der Waals surface area (Å²) in [5.41, 5.74) is 1.03. The van der Waals surface area contributed by atoms with Crippen LogP contribution in [0.25, 0.3) is 22.5 Å². The Kier molecular flexibility index (Phi) is 12.7. The first-order valence-corrected chi connectivity index (χ1v) is 17.6. The number of carboxylic acids is 2. The number of carbonyl (C=O) groups is 3. The maximum Gasteiger partial charge on any atom is 0.328 e. The van der Waals surface area contributed by atoms with Gasteiger partial charge in [0.1, 0.15) is 0 Å². The molecule has 16 nitrogen and oxygen atoms in total. The second-order valence-corrected chi connectivity index (χ2v) is 13.7. The summed E-state index contributed by atoms with van der Waals surface area (Å²) >= 11 is 0. The highest BCUT2D eigenvalue weighted by molar-refractivity contribution is 7.90. The summed E-state index contributed by atoms with van der Waals surface area (Å²) in [5.74, 6) is -4.09. The van der Waals surface area contributed by atoms with Crippen molar-refractivity contribution in [2.45, 2.75) is 16.7 Å². The van der Waals surface area contributed by atoms with Crippen molar-refractivity contribution in [1.29, 1.82) is 0 Å². The van der Waals surface area contributed by atoms with E-state index in [0.29, 0.717) is 30.5 Å². The molecule has 0 aliphatic rings. The van der Waals surface area contributed by atoms with E-state index in [-0.39, 0.29) is 38.3 Å². The van der Waals surface area contributed by atoms with Crippen molar-refractivity contribution >= 4 is 38.3 Å². The summed E-state index contributed by atoms with van der Waals surface area (Å²) in [7, 11) is -6.31. The van der Waals surface area contributed by atoms with Gasteiger partial charge in [-0.3, -0.25) is 4.79 Å². The van der Waals surface area contributed by atoms with Gasteiger partial charge in [-0.1, -0.05) is 0 Å². The first-order chi connectivity index (χ1) is 25.2. The van der Waals surface area contributed by atoms with E-state index >= 15 is 0 Å². The second-order valence-electron chi connectivity index (χ2n) is 10.2. The molecule has 6 heterocycles. The van der Waals surface area contributed by atoms with Crippen LogP contribution < -0.4 is 5.32 Å². The standard InChI is InChI=1S/C15H14FN3O3S.C14H9FN2O4S.C4H4O4/c1-17-9-11-8-13(12-4-2-6-18-15(12)16)19(10-11)23(20,21)14-5-3-7-22-14;15-14-11(3-1-5-16-14)12-7-10(9-18)8-17(12)22(19,20)13-4-2-6-21-13;5-3(6)1-2-4(7)8/h2-8,10,17H,9H2,1H3;1-9H;1-2H,(H,5,6)(H,7,8). The fourth-order valence-electron chi connectivity index (χ4n) is 4.43. The number of carbonyl (C=O) groups excluding carboxylic acids is 1. The van der Waals surface area contributed by atoms with Crippen LogP contribution in [0.2, 0.25) is 0 Å². The average Bonchev–Trinajstić information content (AvgIpc) is 3.96. The van der Waals surface area contributed by atoms with Gasteiger partial charge in [-0.05, 0) is 73.3 Å². The highest BCUT2D eigenvalue weighted by atomic mass is 32.2. The lowest BCUT2D eigenvalue weighted by atomic mass is 10.2. The van der Waals surface area contributed by atoms with Crippen LogP contribution in [0.5, 0.6) is 0 Å². The Bertz CT molecular complexity index is 2440. The van der Waals surface area contributed by atoms with Crippen LogP contribution in [0.1, 0.15) is 15.9 Å². The molecule has 0 unspecified atom stereocenters. The minimum absolute atomic E-state index is 0.0101. The van der Waals surface area contributed by atoms with Crippen molar-refractivity contribution in [3.8, 4) is 22.5 Å². The fourth-order valence-corrected chi connectivity index (χ4v) is 7.03. The third-order valence-corrected chi connectivity index (χ3v) is 9.74. The summed E-state index contributed by atoms with van der Waals surface area (Å²) in [6.45, 7) is 0.440. The van der Waals surface area contributed by atoms with E-state index in [9.17, 15) is 40.0 Å². The summed E-state index contributed by atoms with van der Waals surface area (Å²) in [6.07, 6.45) is 9.17. The van der Waals surface area contributed by atoms with Gasteiger partial charge < -0.3 is 24.4 Å². The molecule has 20 heteroatoms. The number of aliphatic carboxylic acids is 2. The number of pyridine rings is 2. The molecule has 3 N–H and O–H groups in total. The number of halogens is 2. The zero-order chi connectivity index (χ0) is 38.8. The van der Waals surface area contributed by atoms with Crippen molar-refractivity contribution in [3.63, 3.8) is 0 Å². The van der Waals surface area contributed by atoms with Gasteiger partial charge in [-0.2, -0.15) is 25.6 Å². The van der Waals surface area contributed by atoms with Gasteiger partial charge in [0, 0.05) is 49.0 Å². The van der Waals surface area contributed by atoms with E-state index in [1.165, 1.54) is 79.6 Å². The molecule has 0 bridgehead atoms. The van der Waals surface area contributed by atoms with Crippen LogP contribution in [0.15, 0.2) is 129 Å². The van der Waals surface area contributed by atoms with E-state index in [4.69, 9.17) is 19.0 Å². The van der Waals surface area contributed by atoms with E-state index in [1.807, 2.05) is 0 Å². The van der Waals surface area contributed by atoms with Crippen LogP contribution >= 0.6 is 0 Å². The van der Waals surface area contributed by atoms with Crippen LogP contribution in [-0.2, 0) is 36.2 Å². The zero-order valence-corrected chi connectivity index (χ0v) is 28.7. The summed E-state index contributed by atoms with van der Waals surface area (Å²) in [4.78, 5) is 37.1. The molecule has 6 rings (SSSR count). The molecule has 53 heavy (non-hydrogen) atoms. The Morgan fingerprint density at radius 1 is 0.774 bits per heavy atom. The van der Waals surface area contributed by atoms with Crippen LogP contribution in [0, 0.1) is 11.9 Å². The molecule has 6 aromatic rings. The van der Waals surface area contributed by atoms with Crippen molar-refractivity contribution in [2.75, 3.05) is 7.05 Å². The SMILES string of the molecule is CNCc1cc(-c2cccnc2F)n(S(=O)(=O)c2ccco2)c1.O=C(O)C=CC(=O)O.O=Cc1cc(-c2cccnc2F)n(S(=O)(=O)c2ccco2)c1. The number of nitrogens with zero attached hydrogens (tertiary/aromatic N) is 4. The second kappa shape index (κ2) is 17.1. The molecule has 0 fully saturated rings. The first-order valence-electron chi connectivity index (χ1n) is 14.7. The number of rotatable bonds is 11. The first kappa shape index (κ1) is 39.3. The van der Waals surface area contributed by atoms with Gasteiger partial charge in [-0.25, -0.2) is 27.5 Å². The maximum absolute atomic E-state index is 14.0. The number of carboxylic acid groups (broad SMARTS) is 2. The summed E-state index contributed by atoms with van der Waals surface area (Å²) in [5, 5.41) is 18.0. The van der Waals surface area contributed by atoms with Crippen molar-refractivity contribution in [3.05, 3.63) is 133 Å². The molecule has 0 radical (unpaired) electrons. The number of hydrogen-bond acceptors (Lipinski definition) is 12. The molecule has 0 amide bonds. The highest BCUT2D eigenvalue weighted by Gasteiger charge is 2.27. The van der Waals surface area contributed by atoms with E-state index in [2.05, 4.69) is 15.3 Å². The minimum Gasteiger partial charge on any atom is -0.478 e. The molecule has 0 saturated heterocycles. The topological polar surface area (TPSA) is 234 Å². The van der Waals surface area contributed by atoms with E-state index < -0.39 is 43.9 Å². The Morgan fingerprint density at radius 3 is 1.64 bits per heavy atom. The Hall–Kier alpha value is -6.51. The average molecular weight is 772 g/mol. The molecular formula is C33H27F2N5O11S2. The van der Waals surface area contributed by atoms with Crippen LogP contribution in [0.3, 0.4) is 0 Å². The number of nitrogens with one attached hydrogen (secondary N) is 1. The molecule has 0 aliphatic heterocycles. The van der Waals surface area contributed by atoms with Crippen molar-refractivity contribution in [1.82, 2.24) is 23.2 Å². The summed E-state index contributed by atoms with van der Waals surface area (Å²) < 4.78 is 90.2.